The highest BCUT2D eigenvalue weighted by molar-refractivity contribution is 6.08. The Morgan fingerprint density at radius 3 is 2.39 bits per heavy atom. The number of quaternary nitrogens is 1. The third-order valence-electron chi connectivity index (χ3n) is 6.44. The Kier molecular flexibility index (Phi) is 5.62. The van der Waals surface area contributed by atoms with Gasteiger partial charge in [0.15, 0.2) is 0 Å². The molecule has 0 aliphatic carbocycles. The summed E-state index contributed by atoms with van der Waals surface area (Å²) < 4.78 is 20.2. The number of imide groups is 1. The van der Waals surface area contributed by atoms with Gasteiger partial charge >= 0.3 is 5.97 Å². The molecular weight excluding hydrogens is 399 g/mol. The monoisotopic (exact) mass is 425 g/mol. The molecule has 2 aliphatic rings. The van der Waals surface area contributed by atoms with E-state index in [9.17, 15) is 18.8 Å². The minimum atomic E-state index is -1.36. The highest BCUT2D eigenvalue weighted by atomic mass is 19.1. The van der Waals surface area contributed by atoms with Gasteiger partial charge < -0.3 is 10.1 Å². The Hall–Kier alpha value is -3.06. The van der Waals surface area contributed by atoms with Gasteiger partial charge in [0.1, 0.15) is 23.7 Å². The van der Waals surface area contributed by atoms with Gasteiger partial charge in [-0.1, -0.05) is 48.5 Å². The average molecular weight is 425 g/mol. The van der Waals surface area contributed by atoms with Crippen molar-refractivity contribution in [3.05, 3.63) is 71.5 Å². The summed E-state index contributed by atoms with van der Waals surface area (Å²) in [5.74, 6) is -3.53. The van der Waals surface area contributed by atoms with Crippen LogP contribution in [0.4, 0.5) is 4.39 Å². The average Bonchev–Trinajstić information content (AvgIpc) is 3.23. The maximum Gasteiger partial charge on any atom is 0.369 e. The van der Waals surface area contributed by atoms with E-state index < -0.39 is 41.1 Å². The number of carbonyl (C=O) groups excluding carboxylic acids is 3. The fourth-order valence-corrected chi connectivity index (χ4v) is 5.16. The van der Waals surface area contributed by atoms with Gasteiger partial charge in [0.25, 0.3) is 0 Å². The number of esters is 1. The van der Waals surface area contributed by atoms with Crippen LogP contribution >= 0.6 is 0 Å². The maximum atomic E-state index is 14.8. The first kappa shape index (κ1) is 21.2. The summed E-state index contributed by atoms with van der Waals surface area (Å²) in [6, 6.07) is 14.8. The Labute approximate surface area is 180 Å². The number of halogens is 1. The van der Waals surface area contributed by atoms with Crippen molar-refractivity contribution in [1.82, 2.24) is 4.90 Å². The zero-order valence-electron chi connectivity index (χ0n) is 17.6. The van der Waals surface area contributed by atoms with Gasteiger partial charge in [0, 0.05) is 18.5 Å². The number of ether oxygens (including phenoxy) is 1. The van der Waals surface area contributed by atoms with Crippen molar-refractivity contribution in [3.8, 4) is 0 Å². The van der Waals surface area contributed by atoms with Crippen LogP contribution < -0.4 is 5.32 Å². The van der Waals surface area contributed by atoms with E-state index >= 15 is 0 Å². The third-order valence-corrected chi connectivity index (χ3v) is 6.44. The van der Waals surface area contributed by atoms with E-state index in [2.05, 4.69) is 0 Å². The normalized spacial score (nSPS) is 27.5. The highest BCUT2D eigenvalue weighted by Gasteiger charge is 2.72. The van der Waals surface area contributed by atoms with Crippen LogP contribution in [0.25, 0.3) is 0 Å². The first-order chi connectivity index (χ1) is 14.9. The predicted molar refractivity (Wildman–Crippen MR) is 110 cm³/mol. The highest BCUT2D eigenvalue weighted by Crippen LogP contribution is 2.46. The number of amides is 2. The molecule has 4 atom stereocenters. The Bertz CT molecular complexity index is 1010. The molecule has 0 saturated carbocycles. The molecule has 7 heteroatoms. The lowest BCUT2D eigenvalue weighted by molar-refractivity contribution is -0.734. The Morgan fingerprint density at radius 2 is 1.74 bits per heavy atom. The van der Waals surface area contributed by atoms with Gasteiger partial charge in [-0.25, -0.2) is 9.18 Å². The molecule has 2 aromatic rings. The molecule has 0 bridgehead atoms. The maximum absolute atomic E-state index is 14.8. The van der Waals surface area contributed by atoms with E-state index in [1.165, 1.54) is 11.0 Å². The van der Waals surface area contributed by atoms with Crippen molar-refractivity contribution >= 4 is 17.8 Å². The molecule has 31 heavy (non-hydrogen) atoms. The molecule has 0 aromatic heterocycles. The summed E-state index contributed by atoms with van der Waals surface area (Å²) in [5.41, 5.74) is -0.197. The van der Waals surface area contributed by atoms with Crippen LogP contribution in [0.15, 0.2) is 54.6 Å². The fraction of sp³-hybridized carbons (Fsp3) is 0.375. The second-order valence-electron chi connectivity index (χ2n) is 8.06. The number of hydrogen-bond donors (Lipinski definition) is 1. The molecule has 0 radical (unpaired) electrons. The molecule has 2 heterocycles. The molecule has 162 valence electrons. The van der Waals surface area contributed by atoms with Crippen molar-refractivity contribution in [1.29, 1.82) is 0 Å². The summed E-state index contributed by atoms with van der Waals surface area (Å²) in [6.45, 7) is 3.78. The number of rotatable bonds is 6. The number of nitrogens with zero attached hydrogens (tertiary/aromatic N) is 1. The minimum Gasteiger partial charge on any atom is -0.461 e. The molecule has 6 nitrogen and oxygen atoms in total. The quantitative estimate of drug-likeness (QED) is 0.563. The van der Waals surface area contributed by atoms with Crippen LogP contribution in [-0.2, 0) is 25.5 Å². The molecule has 2 fully saturated rings. The minimum absolute atomic E-state index is 0.143. The summed E-state index contributed by atoms with van der Waals surface area (Å²) in [4.78, 5) is 41.2. The van der Waals surface area contributed by atoms with Crippen molar-refractivity contribution < 1.29 is 28.8 Å². The van der Waals surface area contributed by atoms with E-state index in [-0.39, 0.29) is 25.5 Å². The number of hydrogen-bond acceptors (Lipinski definition) is 4. The molecular formula is C24H26FN2O4+. The van der Waals surface area contributed by atoms with Crippen LogP contribution in [-0.4, -0.2) is 41.4 Å². The molecule has 2 amide bonds. The lowest BCUT2D eigenvalue weighted by Crippen LogP contribution is -2.98. The Balaban J connectivity index is 1.89. The van der Waals surface area contributed by atoms with E-state index in [0.29, 0.717) is 5.56 Å². The van der Waals surface area contributed by atoms with E-state index in [1.54, 1.807) is 37.4 Å². The van der Waals surface area contributed by atoms with Gasteiger partial charge in [-0.2, -0.15) is 0 Å². The topological polar surface area (TPSA) is 80.3 Å². The van der Waals surface area contributed by atoms with E-state index in [4.69, 9.17) is 4.74 Å². The molecule has 2 aromatic carbocycles. The van der Waals surface area contributed by atoms with Crippen LogP contribution in [0.1, 0.15) is 31.0 Å². The second kappa shape index (κ2) is 8.23. The van der Waals surface area contributed by atoms with E-state index in [0.717, 1.165) is 5.56 Å². The first-order valence-corrected chi connectivity index (χ1v) is 10.6. The molecule has 2 saturated heterocycles. The zero-order chi connectivity index (χ0) is 22.2. The number of nitrogens with two attached hydrogens (primary N) is 1. The molecule has 4 rings (SSSR count). The number of likely N-dealkylation sites (tertiary alicyclic amines) is 1. The lowest BCUT2D eigenvalue weighted by atomic mass is 9.76. The summed E-state index contributed by atoms with van der Waals surface area (Å²) >= 11 is 0. The van der Waals surface area contributed by atoms with Gasteiger partial charge in [-0.05, 0) is 25.5 Å². The molecule has 0 unspecified atom stereocenters. The third kappa shape index (κ3) is 3.33. The Morgan fingerprint density at radius 1 is 1.06 bits per heavy atom. The van der Waals surface area contributed by atoms with Crippen LogP contribution in [0.5, 0.6) is 0 Å². The van der Waals surface area contributed by atoms with Crippen molar-refractivity contribution in [2.45, 2.75) is 31.8 Å². The first-order valence-electron chi connectivity index (χ1n) is 10.6. The van der Waals surface area contributed by atoms with Crippen molar-refractivity contribution in [2.75, 3.05) is 13.2 Å². The van der Waals surface area contributed by atoms with Crippen LogP contribution in [0, 0.1) is 17.7 Å². The van der Waals surface area contributed by atoms with E-state index in [1.807, 2.05) is 30.3 Å². The summed E-state index contributed by atoms with van der Waals surface area (Å²) in [6.07, 6.45) is 0.204. The largest absolute Gasteiger partial charge is 0.461 e. The SMILES string of the molecule is CCOC(=O)[C@]1(Cc2ccccc2)[NH2+][C@H](c2ccccc2F)[C@H]2C(=O)N(CC)C(=O)[C@H]21. The van der Waals surface area contributed by atoms with Gasteiger partial charge in [-0.3, -0.25) is 14.5 Å². The smallest absolute Gasteiger partial charge is 0.369 e. The molecule has 2 aliphatic heterocycles. The van der Waals surface area contributed by atoms with Gasteiger partial charge in [0.2, 0.25) is 17.4 Å². The zero-order valence-corrected chi connectivity index (χ0v) is 17.6. The second-order valence-corrected chi connectivity index (χ2v) is 8.06. The summed E-state index contributed by atoms with van der Waals surface area (Å²) in [7, 11) is 0. The number of carbonyl (C=O) groups is 3. The fourth-order valence-electron chi connectivity index (χ4n) is 5.16. The standard InChI is InChI=1S/C24H25FN2O4/c1-3-27-21(28)18-19(22(27)29)24(23(30)31-4-2,14-15-10-6-5-7-11-15)26-20(18)16-12-8-9-13-17(16)25/h5-13,18-20,26H,3-4,14H2,1-2H3/p+1/t18-,19-,20+,24+/m0/s1. The van der Waals surface area contributed by atoms with Crippen LogP contribution in [0.2, 0.25) is 0 Å². The lowest BCUT2D eigenvalue weighted by Gasteiger charge is -2.29. The van der Waals surface area contributed by atoms with Gasteiger partial charge in [-0.15, -0.1) is 0 Å². The summed E-state index contributed by atoms with van der Waals surface area (Å²) in [5, 5.41) is 1.70. The van der Waals surface area contributed by atoms with Gasteiger partial charge in [0.05, 0.1) is 6.61 Å². The van der Waals surface area contributed by atoms with Crippen LogP contribution in [0.3, 0.4) is 0 Å². The number of benzene rings is 2. The molecule has 0 spiro atoms. The van der Waals surface area contributed by atoms with Crippen molar-refractivity contribution in [2.24, 2.45) is 11.8 Å². The predicted octanol–water partition coefficient (Wildman–Crippen LogP) is 1.61. The number of fused-ring (bicyclic) bond motifs is 1. The molecule has 2 N–H and O–H groups in total. The van der Waals surface area contributed by atoms with Crippen molar-refractivity contribution in [3.63, 3.8) is 0 Å².